The largest absolute Gasteiger partial charge is 0.479 e. The molecule has 2 heterocycles. The van der Waals surface area contributed by atoms with Gasteiger partial charge in [0.15, 0.2) is 5.82 Å². The summed E-state index contributed by atoms with van der Waals surface area (Å²) in [5.74, 6) is 0.224. The molecule has 0 radical (unpaired) electrons. The number of aromatic hydroxyl groups is 1. The average Bonchev–Trinajstić information content (AvgIpc) is 2.47. The van der Waals surface area contributed by atoms with Crippen LogP contribution in [0.5, 0.6) is 6.01 Å². The summed E-state index contributed by atoms with van der Waals surface area (Å²) in [6.45, 7) is 4.03. The molecule has 0 bridgehead atoms. The van der Waals surface area contributed by atoms with E-state index in [2.05, 4.69) is 37.4 Å². The first-order valence-electron chi connectivity index (χ1n) is 5.65. The summed E-state index contributed by atoms with van der Waals surface area (Å²) in [6, 6.07) is 4.75. The van der Waals surface area contributed by atoms with Gasteiger partial charge in [-0.25, -0.2) is 5.43 Å². The molecule has 0 fully saturated rings. The van der Waals surface area contributed by atoms with E-state index in [1.807, 2.05) is 6.07 Å². The highest BCUT2D eigenvalue weighted by molar-refractivity contribution is 5.60. The molecule has 0 unspecified atom stereocenters. The lowest BCUT2D eigenvalue weighted by Crippen LogP contribution is -2.23. The van der Waals surface area contributed by atoms with Crippen LogP contribution in [0.2, 0.25) is 0 Å². The van der Waals surface area contributed by atoms with Crippen LogP contribution >= 0.6 is 0 Å². The Morgan fingerprint density at radius 3 is 3.00 bits per heavy atom. The number of rotatable bonds is 5. The molecular formula is C12H11N7O. The second-order valence-corrected chi connectivity index (χ2v) is 3.59. The van der Waals surface area contributed by atoms with Gasteiger partial charge in [0.05, 0.1) is 5.56 Å². The van der Waals surface area contributed by atoms with Crippen molar-refractivity contribution in [2.75, 3.05) is 12.0 Å². The van der Waals surface area contributed by atoms with Crippen molar-refractivity contribution < 1.29 is 5.11 Å². The standard InChI is InChI=1S/C12H11N7O/c1-2-5-15-19-11-16-10(17-12(20)18-11)9-8(7-13)4-3-6-14-9/h2-4,6,15H,1,5H2,(H2,16,17,18,19,20). The quantitative estimate of drug-likeness (QED) is 0.410. The van der Waals surface area contributed by atoms with Gasteiger partial charge in [0.1, 0.15) is 11.8 Å². The zero-order chi connectivity index (χ0) is 14.4. The predicted octanol–water partition coefficient (Wildman–Crippen LogP) is 0.613. The Hall–Kier alpha value is -3.05. The van der Waals surface area contributed by atoms with Gasteiger partial charge in [-0.15, -0.1) is 6.58 Å². The maximum Gasteiger partial charge on any atom is 0.319 e. The summed E-state index contributed by atoms with van der Waals surface area (Å²) in [5.41, 5.74) is 6.03. The summed E-state index contributed by atoms with van der Waals surface area (Å²) >= 11 is 0. The van der Waals surface area contributed by atoms with Crippen molar-refractivity contribution in [1.29, 1.82) is 5.26 Å². The van der Waals surface area contributed by atoms with Gasteiger partial charge in [-0.05, 0) is 12.1 Å². The molecular weight excluding hydrogens is 258 g/mol. The average molecular weight is 269 g/mol. The fraction of sp³-hybridized carbons (Fsp3) is 0.0833. The van der Waals surface area contributed by atoms with Crippen LogP contribution in [0.1, 0.15) is 5.56 Å². The van der Waals surface area contributed by atoms with Crippen molar-refractivity contribution in [2.24, 2.45) is 0 Å². The molecule has 0 spiro atoms. The lowest BCUT2D eigenvalue weighted by atomic mass is 10.2. The fourth-order valence-corrected chi connectivity index (χ4v) is 1.40. The molecule has 0 aromatic carbocycles. The van der Waals surface area contributed by atoms with Crippen LogP contribution in [-0.2, 0) is 0 Å². The zero-order valence-electron chi connectivity index (χ0n) is 10.4. The number of hydrogen-bond donors (Lipinski definition) is 3. The molecule has 3 N–H and O–H groups in total. The van der Waals surface area contributed by atoms with Gasteiger partial charge in [-0.2, -0.15) is 20.2 Å². The van der Waals surface area contributed by atoms with E-state index in [4.69, 9.17) is 5.26 Å². The highest BCUT2D eigenvalue weighted by Crippen LogP contribution is 2.19. The minimum Gasteiger partial charge on any atom is -0.479 e. The third kappa shape index (κ3) is 3.04. The van der Waals surface area contributed by atoms with Crippen LogP contribution in [-0.4, -0.2) is 31.6 Å². The summed E-state index contributed by atoms with van der Waals surface area (Å²) < 4.78 is 0. The van der Waals surface area contributed by atoms with Crippen LogP contribution < -0.4 is 10.9 Å². The first-order valence-corrected chi connectivity index (χ1v) is 5.65. The van der Waals surface area contributed by atoms with E-state index in [0.29, 0.717) is 12.1 Å². The third-order valence-electron chi connectivity index (χ3n) is 2.21. The molecule has 8 heteroatoms. The van der Waals surface area contributed by atoms with Crippen LogP contribution in [0.4, 0.5) is 5.95 Å². The Morgan fingerprint density at radius 1 is 1.40 bits per heavy atom. The number of nitrogens with zero attached hydrogens (tertiary/aromatic N) is 5. The van der Waals surface area contributed by atoms with E-state index in [-0.39, 0.29) is 17.5 Å². The maximum atomic E-state index is 9.51. The smallest absolute Gasteiger partial charge is 0.319 e. The molecule has 0 saturated carbocycles. The summed E-state index contributed by atoms with van der Waals surface area (Å²) in [7, 11) is 0. The van der Waals surface area contributed by atoms with Gasteiger partial charge in [0, 0.05) is 12.7 Å². The molecule has 20 heavy (non-hydrogen) atoms. The molecule has 0 amide bonds. The summed E-state index contributed by atoms with van der Waals surface area (Å²) in [6.07, 6.45) is 3.15. The van der Waals surface area contributed by atoms with Crippen molar-refractivity contribution in [2.45, 2.75) is 0 Å². The molecule has 100 valence electrons. The molecule has 0 aliphatic carbocycles. The van der Waals surface area contributed by atoms with Crippen molar-refractivity contribution in [3.63, 3.8) is 0 Å². The number of nitrogens with one attached hydrogen (secondary N) is 2. The molecule has 0 aliphatic heterocycles. The Kier molecular flexibility index (Phi) is 4.16. The number of hydrogen-bond acceptors (Lipinski definition) is 8. The van der Waals surface area contributed by atoms with Gasteiger partial charge < -0.3 is 5.11 Å². The lowest BCUT2D eigenvalue weighted by Gasteiger charge is -2.06. The van der Waals surface area contributed by atoms with Gasteiger partial charge in [-0.3, -0.25) is 10.4 Å². The Morgan fingerprint density at radius 2 is 2.25 bits per heavy atom. The number of pyridine rings is 1. The van der Waals surface area contributed by atoms with E-state index in [1.165, 1.54) is 6.20 Å². The number of hydrazine groups is 1. The minimum absolute atomic E-state index is 0.109. The highest BCUT2D eigenvalue weighted by Gasteiger charge is 2.12. The normalized spacial score (nSPS) is 9.75. The van der Waals surface area contributed by atoms with E-state index >= 15 is 0 Å². The first-order chi connectivity index (χ1) is 9.74. The molecule has 0 atom stereocenters. The molecule has 0 aliphatic rings. The Bertz CT molecular complexity index is 665. The van der Waals surface area contributed by atoms with Gasteiger partial charge in [-0.1, -0.05) is 6.08 Å². The van der Waals surface area contributed by atoms with E-state index in [0.717, 1.165) is 0 Å². The minimum atomic E-state index is -0.465. The van der Waals surface area contributed by atoms with Crippen LogP contribution in [0, 0.1) is 11.3 Å². The second-order valence-electron chi connectivity index (χ2n) is 3.59. The molecule has 0 saturated heterocycles. The SMILES string of the molecule is C=CCNNc1nc(O)nc(-c2ncccc2C#N)n1. The van der Waals surface area contributed by atoms with Gasteiger partial charge >= 0.3 is 6.01 Å². The maximum absolute atomic E-state index is 9.51. The van der Waals surface area contributed by atoms with Gasteiger partial charge in [0.2, 0.25) is 5.95 Å². The van der Waals surface area contributed by atoms with Crippen molar-refractivity contribution in [3.05, 3.63) is 36.5 Å². The molecule has 2 rings (SSSR count). The number of nitriles is 1. The van der Waals surface area contributed by atoms with Crippen molar-refractivity contribution in [1.82, 2.24) is 25.4 Å². The Labute approximate surface area is 114 Å². The summed E-state index contributed by atoms with van der Waals surface area (Å²) in [4.78, 5) is 15.6. The first kappa shape index (κ1) is 13.4. The number of aromatic nitrogens is 4. The van der Waals surface area contributed by atoms with Crippen molar-refractivity contribution >= 4 is 5.95 Å². The predicted molar refractivity (Wildman–Crippen MR) is 71.3 cm³/mol. The van der Waals surface area contributed by atoms with Gasteiger partial charge in [0.25, 0.3) is 0 Å². The Balaban J connectivity index is 2.37. The van der Waals surface area contributed by atoms with Crippen LogP contribution in [0.15, 0.2) is 31.0 Å². The molecule has 2 aromatic heterocycles. The van der Waals surface area contributed by atoms with Crippen LogP contribution in [0.25, 0.3) is 11.5 Å². The zero-order valence-corrected chi connectivity index (χ0v) is 10.4. The molecule has 8 nitrogen and oxygen atoms in total. The van der Waals surface area contributed by atoms with E-state index in [9.17, 15) is 5.11 Å². The fourth-order valence-electron chi connectivity index (χ4n) is 1.40. The second kappa shape index (κ2) is 6.21. The van der Waals surface area contributed by atoms with Crippen LogP contribution in [0.3, 0.4) is 0 Å². The van der Waals surface area contributed by atoms with E-state index in [1.54, 1.807) is 18.2 Å². The van der Waals surface area contributed by atoms with Crippen molar-refractivity contribution in [3.8, 4) is 23.6 Å². The monoisotopic (exact) mass is 269 g/mol. The summed E-state index contributed by atoms with van der Waals surface area (Å²) in [5, 5.41) is 18.5. The lowest BCUT2D eigenvalue weighted by molar-refractivity contribution is 0.429. The molecule has 2 aromatic rings. The number of anilines is 1. The third-order valence-corrected chi connectivity index (χ3v) is 2.21. The highest BCUT2D eigenvalue weighted by atomic mass is 16.3. The van der Waals surface area contributed by atoms with E-state index < -0.39 is 6.01 Å². The topological polar surface area (TPSA) is 120 Å².